The maximum absolute atomic E-state index is 12.1. The van der Waals surface area contributed by atoms with Crippen molar-refractivity contribution in [1.29, 1.82) is 0 Å². The second-order valence-electron chi connectivity index (χ2n) is 4.43. The lowest BCUT2D eigenvalue weighted by molar-refractivity contribution is 0.0997. The van der Waals surface area contributed by atoms with E-state index in [4.69, 9.17) is 16.3 Å². The fourth-order valence-corrected chi connectivity index (χ4v) is 2.94. The highest BCUT2D eigenvalue weighted by atomic mass is 35.5. The van der Waals surface area contributed by atoms with E-state index in [0.29, 0.717) is 16.3 Å². The van der Waals surface area contributed by atoms with E-state index >= 15 is 0 Å². The van der Waals surface area contributed by atoms with Gasteiger partial charge in [-0.2, -0.15) is 0 Å². The molecular formula is C15H14ClNO4S. The molecule has 2 aromatic carbocycles. The summed E-state index contributed by atoms with van der Waals surface area (Å²) in [5.74, 6) is 0.188. The van der Waals surface area contributed by atoms with E-state index in [9.17, 15) is 13.2 Å². The number of ether oxygens (including phenoxy) is 1. The molecule has 116 valence electrons. The van der Waals surface area contributed by atoms with Gasteiger partial charge in [0.1, 0.15) is 5.75 Å². The average Bonchev–Trinajstić information content (AvgIpc) is 2.52. The van der Waals surface area contributed by atoms with Crippen molar-refractivity contribution < 1.29 is 17.9 Å². The summed E-state index contributed by atoms with van der Waals surface area (Å²) in [5, 5.41) is 0.420. The number of hydrogen-bond acceptors (Lipinski definition) is 4. The van der Waals surface area contributed by atoms with Crippen LogP contribution in [0, 0.1) is 0 Å². The van der Waals surface area contributed by atoms with Crippen molar-refractivity contribution in [3.05, 3.63) is 59.1 Å². The van der Waals surface area contributed by atoms with Crippen LogP contribution in [0.5, 0.6) is 5.75 Å². The van der Waals surface area contributed by atoms with Gasteiger partial charge in [-0.1, -0.05) is 23.7 Å². The van der Waals surface area contributed by atoms with Crippen molar-refractivity contribution in [2.75, 3.05) is 13.7 Å². The van der Waals surface area contributed by atoms with Crippen molar-refractivity contribution in [3.8, 4) is 5.75 Å². The summed E-state index contributed by atoms with van der Waals surface area (Å²) in [7, 11) is -2.27. The van der Waals surface area contributed by atoms with Crippen LogP contribution >= 0.6 is 11.6 Å². The van der Waals surface area contributed by atoms with Crippen LogP contribution in [-0.2, 0) is 10.0 Å². The molecule has 7 heteroatoms. The topological polar surface area (TPSA) is 72.5 Å². The Morgan fingerprint density at radius 2 is 1.86 bits per heavy atom. The van der Waals surface area contributed by atoms with Crippen LogP contribution in [0.2, 0.25) is 5.02 Å². The Balaban J connectivity index is 2.07. The molecule has 22 heavy (non-hydrogen) atoms. The number of rotatable bonds is 6. The molecule has 0 saturated heterocycles. The van der Waals surface area contributed by atoms with Crippen LogP contribution < -0.4 is 9.46 Å². The molecule has 0 atom stereocenters. The third kappa shape index (κ3) is 4.07. The quantitative estimate of drug-likeness (QED) is 0.821. The van der Waals surface area contributed by atoms with E-state index in [1.807, 2.05) is 0 Å². The van der Waals surface area contributed by atoms with Gasteiger partial charge in [0, 0.05) is 10.6 Å². The summed E-state index contributed by atoms with van der Waals surface area (Å²) in [6.45, 7) is -0.339. The van der Waals surface area contributed by atoms with Gasteiger partial charge in [0.25, 0.3) is 0 Å². The van der Waals surface area contributed by atoms with E-state index in [1.165, 1.54) is 37.4 Å². The molecule has 0 aromatic heterocycles. The Labute approximate surface area is 133 Å². The van der Waals surface area contributed by atoms with Crippen LogP contribution in [0.4, 0.5) is 0 Å². The molecule has 0 aliphatic carbocycles. The molecule has 2 aromatic rings. The number of ketones is 1. The number of sulfonamides is 1. The number of halogens is 1. The minimum absolute atomic E-state index is 0.0622. The van der Waals surface area contributed by atoms with E-state index in [2.05, 4.69) is 4.72 Å². The number of carbonyl (C=O) groups is 1. The molecule has 1 N–H and O–H groups in total. The molecule has 0 aliphatic rings. The standard InChI is InChI=1S/C15H14ClNO4S/c1-21-13-5-7-14(8-6-13)22(19,20)17-10-15(18)11-3-2-4-12(16)9-11/h2-9,17H,10H2,1H3. The molecule has 5 nitrogen and oxygen atoms in total. The first kappa shape index (κ1) is 16.5. The molecule has 0 aliphatic heterocycles. The van der Waals surface area contributed by atoms with E-state index < -0.39 is 10.0 Å². The number of methoxy groups -OCH3 is 1. The molecule has 0 radical (unpaired) electrons. The summed E-state index contributed by atoms with van der Waals surface area (Å²) >= 11 is 5.80. The molecule has 0 saturated carbocycles. The van der Waals surface area contributed by atoms with Crippen LogP contribution in [0.3, 0.4) is 0 Å². The van der Waals surface area contributed by atoms with Crippen LogP contribution in [-0.4, -0.2) is 27.9 Å². The fourth-order valence-electron chi connectivity index (χ4n) is 1.76. The molecular weight excluding hydrogens is 326 g/mol. The monoisotopic (exact) mass is 339 g/mol. The Hall–Kier alpha value is -1.89. The second kappa shape index (κ2) is 6.91. The van der Waals surface area contributed by atoms with Gasteiger partial charge in [0.05, 0.1) is 18.6 Å². The number of nitrogens with one attached hydrogen (secondary N) is 1. The summed E-state index contributed by atoms with van der Waals surface area (Å²) in [6, 6.07) is 12.2. The Morgan fingerprint density at radius 1 is 1.18 bits per heavy atom. The predicted octanol–water partition coefficient (Wildman–Crippen LogP) is 2.51. The lowest BCUT2D eigenvalue weighted by Gasteiger charge is -2.07. The number of carbonyl (C=O) groups excluding carboxylic acids is 1. The molecule has 0 fully saturated rings. The van der Waals surface area contributed by atoms with Gasteiger partial charge in [-0.15, -0.1) is 0 Å². The van der Waals surface area contributed by atoms with Crippen molar-refractivity contribution in [2.45, 2.75) is 4.90 Å². The minimum atomic E-state index is -3.76. The van der Waals surface area contributed by atoms with Crippen molar-refractivity contribution in [3.63, 3.8) is 0 Å². The largest absolute Gasteiger partial charge is 0.497 e. The minimum Gasteiger partial charge on any atom is -0.497 e. The van der Waals surface area contributed by atoms with Crippen molar-refractivity contribution >= 4 is 27.4 Å². The first-order valence-corrected chi connectivity index (χ1v) is 8.21. The third-order valence-electron chi connectivity index (χ3n) is 2.94. The van der Waals surface area contributed by atoms with Gasteiger partial charge in [-0.3, -0.25) is 4.79 Å². The van der Waals surface area contributed by atoms with E-state index in [-0.39, 0.29) is 17.2 Å². The normalized spacial score (nSPS) is 11.2. The van der Waals surface area contributed by atoms with Gasteiger partial charge in [0.15, 0.2) is 5.78 Å². The van der Waals surface area contributed by atoms with Crippen LogP contribution in [0.25, 0.3) is 0 Å². The van der Waals surface area contributed by atoms with Gasteiger partial charge >= 0.3 is 0 Å². The van der Waals surface area contributed by atoms with Crippen molar-refractivity contribution in [2.24, 2.45) is 0 Å². The fraction of sp³-hybridized carbons (Fsp3) is 0.133. The highest BCUT2D eigenvalue weighted by molar-refractivity contribution is 7.89. The van der Waals surface area contributed by atoms with Gasteiger partial charge in [-0.05, 0) is 36.4 Å². The number of hydrogen-bond donors (Lipinski definition) is 1. The first-order chi connectivity index (χ1) is 10.4. The summed E-state index contributed by atoms with van der Waals surface area (Å²) in [4.78, 5) is 12.0. The Bertz CT molecular complexity index is 772. The summed E-state index contributed by atoms with van der Waals surface area (Å²) in [5.41, 5.74) is 0.352. The Kier molecular flexibility index (Phi) is 5.18. The number of Topliss-reactive ketones (excluding diaryl/α,β-unsaturated/α-hetero) is 1. The van der Waals surface area contributed by atoms with Gasteiger partial charge < -0.3 is 4.74 Å². The zero-order valence-electron chi connectivity index (χ0n) is 11.7. The zero-order valence-corrected chi connectivity index (χ0v) is 13.3. The summed E-state index contributed by atoms with van der Waals surface area (Å²) in [6.07, 6.45) is 0. The lowest BCUT2D eigenvalue weighted by Crippen LogP contribution is -2.29. The lowest BCUT2D eigenvalue weighted by atomic mass is 10.1. The van der Waals surface area contributed by atoms with E-state index in [0.717, 1.165) is 0 Å². The van der Waals surface area contributed by atoms with Crippen LogP contribution in [0.15, 0.2) is 53.4 Å². The molecule has 0 heterocycles. The molecule has 0 unspecified atom stereocenters. The van der Waals surface area contributed by atoms with Gasteiger partial charge in [-0.25, -0.2) is 13.1 Å². The van der Waals surface area contributed by atoms with E-state index in [1.54, 1.807) is 18.2 Å². The first-order valence-electron chi connectivity index (χ1n) is 6.35. The highest BCUT2D eigenvalue weighted by Gasteiger charge is 2.16. The van der Waals surface area contributed by atoms with Gasteiger partial charge in [0.2, 0.25) is 10.0 Å². The molecule has 2 rings (SSSR count). The second-order valence-corrected chi connectivity index (χ2v) is 6.64. The molecule has 0 spiro atoms. The summed E-state index contributed by atoms with van der Waals surface area (Å²) < 4.78 is 31.4. The Morgan fingerprint density at radius 3 is 2.45 bits per heavy atom. The predicted molar refractivity (Wildman–Crippen MR) is 84.0 cm³/mol. The number of benzene rings is 2. The molecule has 0 amide bonds. The maximum atomic E-state index is 12.1. The van der Waals surface area contributed by atoms with Crippen molar-refractivity contribution in [1.82, 2.24) is 4.72 Å². The molecule has 0 bridgehead atoms. The van der Waals surface area contributed by atoms with Crippen LogP contribution in [0.1, 0.15) is 10.4 Å². The zero-order chi connectivity index (χ0) is 16.2. The average molecular weight is 340 g/mol. The third-order valence-corrected chi connectivity index (χ3v) is 4.59. The smallest absolute Gasteiger partial charge is 0.240 e. The SMILES string of the molecule is COc1ccc(S(=O)(=O)NCC(=O)c2cccc(Cl)c2)cc1. The highest BCUT2D eigenvalue weighted by Crippen LogP contribution is 2.15. The maximum Gasteiger partial charge on any atom is 0.240 e.